The first-order valence-corrected chi connectivity index (χ1v) is 17.9. The smallest absolute Gasteiger partial charge is 0.303 e. The van der Waals surface area contributed by atoms with E-state index in [9.17, 15) is 50.1 Å². The van der Waals surface area contributed by atoms with E-state index in [0.29, 0.717) is 6.42 Å². The summed E-state index contributed by atoms with van der Waals surface area (Å²) in [7, 11) is 0. The normalized spacial score (nSPS) is 58.1. The molecule has 22 atom stereocenters. The quantitative estimate of drug-likeness (QED) is 0.126. The van der Waals surface area contributed by atoms with Crippen molar-refractivity contribution in [1.82, 2.24) is 0 Å². The van der Waals surface area contributed by atoms with Gasteiger partial charge in [0.15, 0.2) is 12.1 Å². The molecule has 282 valence electrons. The average Bonchev–Trinajstić information content (AvgIpc) is 3.73. The van der Waals surface area contributed by atoms with Gasteiger partial charge in [0.2, 0.25) is 0 Å². The van der Waals surface area contributed by atoms with Crippen molar-refractivity contribution in [3.05, 3.63) is 0 Å². The SMILES string of the molecule is CC(=O)O[C@@H]1C[C@@H](C)[C@H]2[C@@H](C[C@H]3[C@H]4[C@H]([C@H](O)[C@H](OC(C)=O)[C@]23C)[C@]2(C)[C@H](C[C@@H]3O[C@@H]3[C@@H]2O[C@@H]2O[C@H](CO)[C@@H](O)[C@H](O)[C@H]2O)C(=O)[C@@H]4O)[C@@]1(C)O. The number of fused-ring (bicyclic) bond motifs is 8. The summed E-state index contributed by atoms with van der Waals surface area (Å²) in [4.78, 5) is 39.3. The third-order valence-corrected chi connectivity index (χ3v) is 14.4. The highest BCUT2D eigenvalue weighted by atomic mass is 16.7. The van der Waals surface area contributed by atoms with Crippen LogP contribution < -0.4 is 0 Å². The van der Waals surface area contributed by atoms with Crippen LogP contribution in [0.5, 0.6) is 0 Å². The maximum Gasteiger partial charge on any atom is 0.303 e. The summed E-state index contributed by atoms with van der Waals surface area (Å²) in [5.74, 6) is -6.00. The summed E-state index contributed by atoms with van der Waals surface area (Å²) in [6.07, 6.45) is -14.1. The first kappa shape index (κ1) is 36.6. The summed E-state index contributed by atoms with van der Waals surface area (Å²) in [6, 6.07) is 0. The van der Waals surface area contributed by atoms with E-state index in [4.69, 9.17) is 23.7 Å². The number of rotatable bonds is 5. The van der Waals surface area contributed by atoms with E-state index in [0.717, 1.165) is 0 Å². The van der Waals surface area contributed by atoms with E-state index in [2.05, 4.69) is 0 Å². The highest BCUT2D eigenvalue weighted by Crippen LogP contribution is 2.73. The molecule has 7 rings (SSSR count). The van der Waals surface area contributed by atoms with E-state index < -0.39 is 144 Å². The summed E-state index contributed by atoms with van der Waals surface area (Å²) in [5.41, 5.74) is -3.86. The number of Topliss-reactive ketones (excluding diaryl/α,β-unsaturated/α-hetero) is 1. The molecule has 0 aromatic rings. The van der Waals surface area contributed by atoms with Crippen molar-refractivity contribution in [3.8, 4) is 0 Å². The molecule has 7 fully saturated rings. The van der Waals surface area contributed by atoms with Gasteiger partial charge in [0, 0.05) is 42.4 Å². The van der Waals surface area contributed by atoms with Gasteiger partial charge in [-0.1, -0.05) is 20.8 Å². The van der Waals surface area contributed by atoms with Crippen LogP contribution in [0.2, 0.25) is 0 Å². The second kappa shape index (κ2) is 12.1. The van der Waals surface area contributed by atoms with Gasteiger partial charge in [0.1, 0.15) is 54.4 Å². The molecule has 2 heterocycles. The van der Waals surface area contributed by atoms with E-state index in [1.54, 1.807) is 13.8 Å². The Morgan fingerprint density at radius 1 is 0.820 bits per heavy atom. The summed E-state index contributed by atoms with van der Waals surface area (Å²) >= 11 is 0. The molecule has 5 saturated carbocycles. The zero-order valence-electron chi connectivity index (χ0n) is 29.2. The second-order valence-corrected chi connectivity index (χ2v) is 16.9. The van der Waals surface area contributed by atoms with Crippen LogP contribution >= 0.6 is 0 Å². The highest BCUT2D eigenvalue weighted by molar-refractivity contribution is 5.88. The Morgan fingerprint density at radius 3 is 2.10 bits per heavy atom. The Bertz CT molecular complexity index is 1390. The predicted molar refractivity (Wildman–Crippen MR) is 166 cm³/mol. The van der Waals surface area contributed by atoms with Crippen molar-refractivity contribution in [2.45, 2.75) is 140 Å². The Kier molecular flexibility index (Phi) is 8.86. The lowest BCUT2D eigenvalue weighted by Crippen LogP contribution is -2.74. The van der Waals surface area contributed by atoms with Gasteiger partial charge in [-0.15, -0.1) is 0 Å². The van der Waals surface area contributed by atoms with Crippen LogP contribution in [0, 0.1) is 52.3 Å². The molecule has 0 unspecified atom stereocenters. The molecule has 15 heteroatoms. The molecule has 0 spiro atoms. The minimum Gasteiger partial charge on any atom is -0.459 e. The number of carbonyl (C=O) groups is 3. The van der Waals surface area contributed by atoms with Crippen LogP contribution in [0.25, 0.3) is 0 Å². The standard InChI is InChI=1S/C35H52O15/c1-11-7-19(46-12(2)37)35(6,45)15-8-14-20-22(26(42)30(47-13(3)38)33(14,4)21(11)15)34(5)16(23(39)25(20)41)9-17-29(48-17)31(34)50-32-28(44)27(43)24(40)18(10-36)49-32/h11,14-22,24-32,36,40-45H,7-10H2,1-6H3/t11-,14+,15-,16-,17+,18-,19-,20+,21+,22-,24-,25-,26+,27+,28-,29+,30+,31+,32+,33+,34+,35-/m1/s1. The number of epoxide rings is 1. The van der Waals surface area contributed by atoms with Crippen molar-refractivity contribution in [3.63, 3.8) is 0 Å². The summed E-state index contributed by atoms with van der Waals surface area (Å²) in [6.45, 7) is 9.09. The fraction of sp³-hybridized carbons (Fsp3) is 0.914. The molecule has 5 aliphatic carbocycles. The van der Waals surface area contributed by atoms with Gasteiger partial charge < -0.3 is 59.4 Å². The fourth-order valence-corrected chi connectivity index (χ4v) is 12.3. The number of aliphatic hydroxyl groups excluding tert-OH is 6. The number of ether oxygens (including phenoxy) is 5. The molecule has 0 aromatic heterocycles. The Hall–Kier alpha value is -1.79. The number of hydrogen-bond acceptors (Lipinski definition) is 15. The number of hydrogen-bond donors (Lipinski definition) is 7. The summed E-state index contributed by atoms with van der Waals surface area (Å²) in [5, 5.41) is 78.4. The predicted octanol–water partition coefficient (Wildman–Crippen LogP) is -1.57. The molecular formula is C35H52O15. The number of aliphatic hydroxyl groups is 7. The Morgan fingerprint density at radius 2 is 1.48 bits per heavy atom. The lowest BCUT2D eigenvalue weighted by atomic mass is 9.41. The van der Waals surface area contributed by atoms with Crippen LogP contribution in [-0.2, 0) is 38.1 Å². The van der Waals surface area contributed by atoms with E-state index in [1.807, 2.05) is 13.8 Å². The van der Waals surface area contributed by atoms with Crippen molar-refractivity contribution in [2.24, 2.45) is 52.3 Å². The Balaban J connectivity index is 1.33. The minimum absolute atomic E-state index is 0.182. The van der Waals surface area contributed by atoms with Gasteiger partial charge in [-0.25, -0.2) is 0 Å². The molecule has 0 bridgehead atoms. The molecule has 0 amide bonds. The van der Waals surface area contributed by atoms with Crippen LogP contribution in [0.15, 0.2) is 0 Å². The molecule has 7 aliphatic rings. The maximum absolute atomic E-state index is 14.4. The molecule has 50 heavy (non-hydrogen) atoms. The number of esters is 2. The third-order valence-electron chi connectivity index (χ3n) is 14.4. The van der Waals surface area contributed by atoms with Gasteiger partial charge >= 0.3 is 11.9 Å². The lowest BCUT2D eigenvalue weighted by molar-refractivity contribution is -0.335. The fourth-order valence-electron chi connectivity index (χ4n) is 12.3. The lowest BCUT2D eigenvalue weighted by Gasteiger charge is -2.65. The molecule has 7 N–H and O–H groups in total. The van der Waals surface area contributed by atoms with Gasteiger partial charge in [-0.05, 0) is 49.9 Å². The van der Waals surface area contributed by atoms with Gasteiger partial charge in [0.05, 0.1) is 24.9 Å². The van der Waals surface area contributed by atoms with Gasteiger partial charge in [-0.2, -0.15) is 0 Å². The zero-order valence-corrected chi connectivity index (χ0v) is 29.2. The molecule has 0 aromatic carbocycles. The molecule has 15 nitrogen and oxygen atoms in total. The molecule has 2 saturated heterocycles. The van der Waals surface area contributed by atoms with Crippen LogP contribution in [-0.4, -0.2) is 139 Å². The molecule has 0 radical (unpaired) electrons. The minimum atomic E-state index is -1.74. The van der Waals surface area contributed by atoms with Crippen molar-refractivity contribution in [1.29, 1.82) is 0 Å². The molecule has 2 aliphatic heterocycles. The maximum atomic E-state index is 14.4. The number of ketones is 1. The van der Waals surface area contributed by atoms with E-state index >= 15 is 0 Å². The second-order valence-electron chi connectivity index (χ2n) is 16.9. The van der Waals surface area contributed by atoms with E-state index in [-0.39, 0.29) is 24.7 Å². The van der Waals surface area contributed by atoms with Crippen molar-refractivity contribution >= 4 is 17.7 Å². The topological polar surface area (TPSA) is 242 Å². The third kappa shape index (κ3) is 4.94. The first-order chi connectivity index (χ1) is 23.3. The zero-order chi connectivity index (χ0) is 36.6. The van der Waals surface area contributed by atoms with Crippen molar-refractivity contribution in [2.75, 3.05) is 6.61 Å². The first-order valence-electron chi connectivity index (χ1n) is 17.9. The van der Waals surface area contributed by atoms with E-state index in [1.165, 1.54) is 13.8 Å². The largest absolute Gasteiger partial charge is 0.459 e. The molecular weight excluding hydrogens is 660 g/mol. The Labute approximate surface area is 290 Å². The summed E-state index contributed by atoms with van der Waals surface area (Å²) < 4.78 is 29.8. The number of carbonyl (C=O) groups excluding carboxylic acids is 3. The highest BCUT2D eigenvalue weighted by Gasteiger charge is 2.79. The van der Waals surface area contributed by atoms with Crippen LogP contribution in [0.3, 0.4) is 0 Å². The van der Waals surface area contributed by atoms with Gasteiger partial charge in [-0.3, -0.25) is 14.4 Å². The monoisotopic (exact) mass is 712 g/mol. The van der Waals surface area contributed by atoms with Gasteiger partial charge in [0.25, 0.3) is 0 Å². The van der Waals surface area contributed by atoms with Crippen LogP contribution in [0.1, 0.15) is 60.8 Å². The van der Waals surface area contributed by atoms with Crippen LogP contribution in [0.4, 0.5) is 0 Å². The van der Waals surface area contributed by atoms with Crippen molar-refractivity contribution < 1.29 is 73.8 Å². The average molecular weight is 713 g/mol.